The summed E-state index contributed by atoms with van der Waals surface area (Å²) in [6.07, 6.45) is 0. The number of sulfonamides is 1. The maximum absolute atomic E-state index is 12.9. The van der Waals surface area contributed by atoms with Crippen LogP contribution < -0.4 is 9.46 Å². The van der Waals surface area contributed by atoms with Gasteiger partial charge in [-0.15, -0.1) is 0 Å². The number of benzene rings is 3. The number of hydrogen-bond acceptors (Lipinski definition) is 3. The number of ether oxygens (including phenoxy) is 1. The molecular weight excluding hydrogens is 417 g/mol. The summed E-state index contributed by atoms with van der Waals surface area (Å²) in [7, 11) is -2.47. The van der Waals surface area contributed by atoms with Crippen molar-refractivity contribution in [2.45, 2.75) is 17.9 Å². The van der Waals surface area contributed by atoms with Crippen molar-refractivity contribution in [2.24, 2.45) is 0 Å². The molecule has 0 radical (unpaired) electrons. The molecule has 0 saturated carbocycles. The second kappa shape index (κ2) is 8.53. The van der Waals surface area contributed by atoms with Crippen molar-refractivity contribution in [2.75, 3.05) is 7.11 Å². The summed E-state index contributed by atoms with van der Waals surface area (Å²) in [6, 6.07) is 19.8. The van der Waals surface area contributed by atoms with Gasteiger partial charge in [0.05, 0.1) is 12.1 Å². The van der Waals surface area contributed by atoms with Crippen LogP contribution in [0.4, 0.5) is 0 Å². The average Bonchev–Trinajstić information content (AvgIpc) is 2.70. The lowest BCUT2D eigenvalue weighted by Gasteiger charge is -2.19. The maximum atomic E-state index is 12.9. The van der Waals surface area contributed by atoms with Crippen LogP contribution in [0.2, 0.25) is 10.0 Å². The fraction of sp³-hybridized carbons (Fsp3) is 0.143. The zero-order valence-corrected chi connectivity index (χ0v) is 17.6. The summed E-state index contributed by atoms with van der Waals surface area (Å²) >= 11 is 12.3. The standard InChI is InChI=1S/C21H19Cl2NO3S/c1-14(16-10-6-7-11-17(16)15-8-4-3-5-9-15)24-28(25,26)19-13-12-18(27-2)20(22)21(19)23/h3-14,24H,1-2H3. The Bertz CT molecular complexity index is 1090. The van der Waals surface area contributed by atoms with Gasteiger partial charge in [0, 0.05) is 6.04 Å². The Kier molecular flexibility index (Phi) is 6.30. The van der Waals surface area contributed by atoms with E-state index in [1.807, 2.05) is 54.6 Å². The fourth-order valence-corrected chi connectivity index (χ4v) is 5.06. The zero-order chi connectivity index (χ0) is 20.3. The first-order chi connectivity index (χ1) is 13.3. The number of hydrogen-bond donors (Lipinski definition) is 1. The molecule has 0 aromatic heterocycles. The van der Waals surface area contributed by atoms with Gasteiger partial charge in [0.2, 0.25) is 10.0 Å². The Hall–Kier alpha value is -2.05. The van der Waals surface area contributed by atoms with Gasteiger partial charge in [-0.05, 0) is 35.7 Å². The maximum Gasteiger partial charge on any atom is 0.242 e. The zero-order valence-electron chi connectivity index (χ0n) is 15.3. The Balaban J connectivity index is 1.96. The molecule has 4 nitrogen and oxygen atoms in total. The topological polar surface area (TPSA) is 55.4 Å². The third kappa shape index (κ3) is 4.18. The first-order valence-corrected chi connectivity index (χ1v) is 10.8. The Morgan fingerprint density at radius 3 is 2.21 bits per heavy atom. The second-order valence-corrected chi connectivity index (χ2v) is 8.63. The van der Waals surface area contributed by atoms with E-state index in [0.717, 1.165) is 16.7 Å². The summed E-state index contributed by atoms with van der Waals surface area (Å²) in [5, 5.41) is -0.0126. The van der Waals surface area contributed by atoms with Crippen LogP contribution in [0, 0.1) is 0 Å². The van der Waals surface area contributed by atoms with E-state index in [1.165, 1.54) is 19.2 Å². The molecule has 0 aliphatic carbocycles. The molecule has 0 saturated heterocycles. The molecular formula is C21H19Cl2NO3S. The first-order valence-electron chi connectivity index (χ1n) is 8.54. The third-order valence-electron chi connectivity index (χ3n) is 4.36. The Labute approximate surface area is 175 Å². The normalized spacial score (nSPS) is 12.6. The van der Waals surface area contributed by atoms with Gasteiger partial charge >= 0.3 is 0 Å². The number of nitrogens with one attached hydrogen (secondary N) is 1. The number of halogens is 2. The lowest BCUT2D eigenvalue weighted by Crippen LogP contribution is -2.27. The summed E-state index contributed by atoms with van der Waals surface area (Å²) in [6.45, 7) is 1.79. The van der Waals surface area contributed by atoms with Crippen LogP contribution in [-0.4, -0.2) is 15.5 Å². The van der Waals surface area contributed by atoms with Gasteiger partial charge in [0.1, 0.15) is 15.7 Å². The van der Waals surface area contributed by atoms with Gasteiger partial charge in [-0.25, -0.2) is 13.1 Å². The SMILES string of the molecule is COc1ccc(S(=O)(=O)NC(C)c2ccccc2-c2ccccc2)c(Cl)c1Cl. The molecule has 3 aromatic carbocycles. The molecule has 28 heavy (non-hydrogen) atoms. The van der Waals surface area contributed by atoms with Crippen LogP contribution in [-0.2, 0) is 10.0 Å². The summed E-state index contributed by atoms with van der Waals surface area (Å²) in [5.74, 6) is 0.313. The highest BCUT2D eigenvalue weighted by Gasteiger charge is 2.25. The Morgan fingerprint density at radius 1 is 0.893 bits per heavy atom. The van der Waals surface area contributed by atoms with Crippen molar-refractivity contribution in [3.63, 3.8) is 0 Å². The summed E-state index contributed by atoms with van der Waals surface area (Å²) in [5.41, 5.74) is 2.82. The molecule has 0 bridgehead atoms. The average molecular weight is 436 g/mol. The molecule has 1 atom stereocenters. The molecule has 146 valence electrons. The molecule has 0 heterocycles. The molecule has 7 heteroatoms. The van der Waals surface area contributed by atoms with E-state index in [-0.39, 0.29) is 14.9 Å². The highest BCUT2D eigenvalue weighted by Crippen LogP contribution is 2.37. The Morgan fingerprint density at radius 2 is 1.54 bits per heavy atom. The quantitative estimate of drug-likeness (QED) is 0.539. The van der Waals surface area contributed by atoms with Gasteiger partial charge in [-0.2, -0.15) is 0 Å². The van der Waals surface area contributed by atoms with Crippen molar-refractivity contribution in [1.29, 1.82) is 0 Å². The molecule has 0 fully saturated rings. The van der Waals surface area contributed by atoms with E-state index in [0.29, 0.717) is 5.75 Å². The van der Waals surface area contributed by atoms with E-state index in [1.54, 1.807) is 6.92 Å². The highest BCUT2D eigenvalue weighted by atomic mass is 35.5. The van der Waals surface area contributed by atoms with Gasteiger partial charge in [-0.1, -0.05) is 77.8 Å². The minimum absolute atomic E-state index is 0.0596. The van der Waals surface area contributed by atoms with Crippen molar-refractivity contribution in [3.05, 3.63) is 82.3 Å². The van der Waals surface area contributed by atoms with Gasteiger partial charge < -0.3 is 4.74 Å². The predicted octanol–water partition coefficient (Wildman–Crippen LogP) is 5.71. The minimum atomic E-state index is -3.91. The van der Waals surface area contributed by atoms with Crippen molar-refractivity contribution >= 4 is 33.2 Å². The van der Waals surface area contributed by atoms with E-state index in [4.69, 9.17) is 27.9 Å². The van der Waals surface area contributed by atoms with Gasteiger partial charge in [0.15, 0.2) is 0 Å². The second-order valence-electron chi connectivity index (χ2n) is 6.19. The first kappa shape index (κ1) is 20.7. The minimum Gasteiger partial charge on any atom is -0.495 e. The van der Waals surface area contributed by atoms with Gasteiger partial charge in [0.25, 0.3) is 0 Å². The molecule has 1 unspecified atom stereocenters. The third-order valence-corrected chi connectivity index (χ3v) is 6.92. The smallest absolute Gasteiger partial charge is 0.242 e. The molecule has 0 aliphatic heterocycles. The van der Waals surface area contributed by atoms with E-state index < -0.39 is 16.1 Å². The molecule has 0 amide bonds. The van der Waals surface area contributed by atoms with E-state index >= 15 is 0 Å². The van der Waals surface area contributed by atoms with E-state index in [2.05, 4.69) is 4.72 Å². The van der Waals surface area contributed by atoms with Crippen molar-refractivity contribution in [1.82, 2.24) is 4.72 Å². The fourth-order valence-electron chi connectivity index (χ4n) is 2.99. The largest absolute Gasteiger partial charge is 0.495 e. The van der Waals surface area contributed by atoms with Gasteiger partial charge in [-0.3, -0.25) is 0 Å². The molecule has 0 spiro atoms. The monoisotopic (exact) mass is 435 g/mol. The highest BCUT2D eigenvalue weighted by molar-refractivity contribution is 7.89. The van der Waals surface area contributed by atoms with E-state index in [9.17, 15) is 8.42 Å². The summed E-state index contributed by atoms with van der Waals surface area (Å²) < 4.78 is 33.7. The number of rotatable bonds is 6. The van der Waals surface area contributed by atoms with Crippen LogP contribution in [0.5, 0.6) is 5.75 Å². The lowest BCUT2D eigenvalue weighted by molar-refractivity contribution is 0.414. The van der Waals surface area contributed by atoms with Crippen LogP contribution in [0.25, 0.3) is 11.1 Å². The van der Waals surface area contributed by atoms with Crippen LogP contribution in [0.3, 0.4) is 0 Å². The molecule has 0 aliphatic rings. The van der Waals surface area contributed by atoms with Crippen molar-refractivity contribution in [3.8, 4) is 16.9 Å². The van der Waals surface area contributed by atoms with Crippen molar-refractivity contribution < 1.29 is 13.2 Å². The molecule has 3 aromatic rings. The van der Waals surface area contributed by atoms with Crippen LogP contribution >= 0.6 is 23.2 Å². The lowest BCUT2D eigenvalue weighted by atomic mass is 9.96. The number of methoxy groups -OCH3 is 1. The van der Waals surface area contributed by atoms with Crippen LogP contribution in [0.1, 0.15) is 18.5 Å². The summed E-state index contributed by atoms with van der Waals surface area (Å²) in [4.78, 5) is -0.0935. The molecule has 3 rings (SSSR count). The molecule has 1 N–H and O–H groups in total. The predicted molar refractivity (Wildman–Crippen MR) is 114 cm³/mol. The van der Waals surface area contributed by atoms with Crippen LogP contribution in [0.15, 0.2) is 71.6 Å².